The molecule has 0 nitrogen and oxygen atoms in total. The number of rotatable bonds is 0. The van der Waals surface area contributed by atoms with Gasteiger partial charge in [-0.05, 0) is 24.5 Å². The Bertz CT molecular complexity index is 384. The Kier molecular flexibility index (Phi) is 0.647. The molecule has 0 heterocycles. The van der Waals surface area contributed by atoms with Crippen LogP contribution in [0.25, 0.3) is 0 Å². The fourth-order valence-corrected chi connectivity index (χ4v) is 0.636. The molecule has 0 saturated carbocycles. The van der Waals surface area contributed by atoms with Crippen molar-refractivity contribution in [2.75, 3.05) is 0 Å². The van der Waals surface area contributed by atoms with E-state index in [1.54, 1.807) is 0 Å². The van der Waals surface area contributed by atoms with E-state index < -0.39 is 36.4 Å². The van der Waals surface area contributed by atoms with E-state index in [-0.39, 0.29) is 4.47 Å². The summed E-state index contributed by atoms with van der Waals surface area (Å²) in [4.78, 5) is 0. The van der Waals surface area contributed by atoms with Gasteiger partial charge in [0.25, 0.3) is 0 Å². The van der Waals surface area contributed by atoms with Crippen LogP contribution in [-0.2, 0) is 0 Å². The van der Waals surface area contributed by atoms with E-state index in [0.29, 0.717) is 0 Å². The van der Waals surface area contributed by atoms with Gasteiger partial charge in [0.2, 0.25) is 0 Å². The first-order chi connectivity index (χ1) is 6.68. The predicted octanol–water partition coefficient (Wildman–Crippen LogP) is 2.90. The summed E-state index contributed by atoms with van der Waals surface area (Å²) in [6.45, 7) is -2.64. The van der Waals surface area contributed by atoms with E-state index in [9.17, 15) is 4.39 Å². The summed E-state index contributed by atoms with van der Waals surface area (Å²) in [6, 6.07) is -2.29. The van der Waals surface area contributed by atoms with Gasteiger partial charge in [0.05, 0.1) is 4.11 Å². The first-order valence-electron chi connectivity index (χ1n) is 5.13. The van der Waals surface area contributed by atoms with Crippen molar-refractivity contribution in [2.45, 2.75) is 6.85 Å². The van der Waals surface area contributed by atoms with E-state index in [0.717, 1.165) is 0 Å². The molecule has 0 bridgehead atoms. The quantitative estimate of drug-likeness (QED) is 0.597. The second kappa shape index (κ2) is 2.48. The maximum atomic E-state index is 13.1. The lowest BCUT2D eigenvalue weighted by Gasteiger charge is -1.94. The van der Waals surface area contributed by atoms with Gasteiger partial charge in [0, 0.05) is 8.58 Å². The maximum absolute atomic E-state index is 13.1. The molecule has 0 spiro atoms. The first-order valence-corrected chi connectivity index (χ1v) is 2.92. The molecule has 0 aromatic heterocycles. The van der Waals surface area contributed by atoms with Crippen LogP contribution in [0.2, 0.25) is 0 Å². The zero-order valence-electron chi connectivity index (χ0n) is 10.3. The molecule has 0 saturated heterocycles. The van der Waals surface area contributed by atoms with E-state index >= 15 is 0 Å². The Labute approximate surface area is 70.3 Å². The van der Waals surface area contributed by atoms with Crippen LogP contribution in [0.5, 0.6) is 0 Å². The molecule has 48 valence electrons. The van der Waals surface area contributed by atoms with Gasteiger partial charge in [-0.15, -0.1) is 0 Å². The molecule has 2 heteroatoms. The lowest BCUT2D eigenvalue weighted by atomic mass is 10.2. The molecule has 0 unspecified atom stereocenters. The lowest BCUT2D eigenvalue weighted by molar-refractivity contribution is 0.626. The van der Waals surface area contributed by atoms with Crippen molar-refractivity contribution >= 4 is 15.9 Å². The van der Waals surface area contributed by atoms with Crippen LogP contribution in [0.15, 0.2) is 22.6 Å². The summed E-state index contributed by atoms with van der Waals surface area (Å²) in [5.74, 6) is -1.19. The second-order valence-corrected chi connectivity index (χ2v) is 2.17. The molecule has 0 amide bonds. The molecule has 0 fully saturated rings. The average Bonchev–Trinajstić information content (AvgIpc) is 2.09. The third-order valence-electron chi connectivity index (χ3n) is 0.736. The number of hydrogen-bond acceptors (Lipinski definition) is 0. The van der Waals surface area contributed by atoms with Gasteiger partial charge < -0.3 is 0 Å². The van der Waals surface area contributed by atoms with Crippen LogP contribution >= 0.6 is 15.9 Å². The van der Waals surface area contributed by atoms with Crippen LogP contribution in [0.4, 0.5) is 4.39 Å². The molecule has 0 radical (unpaired) electrons. The summed E-state index contributed by atoms with van der Waals surface area (Å²) < 4.78 is 55.9. The molecule has 0 N–H and O–H groups in total. The highest BCUT2D eigenvalue weighted by molar-refractivity contribution is 9.10. The third kappa shape index (κ3) is 1.52. The van der Waals surface area contributed by atoms with Gasteiger partial charge in [-0.2, -0.15) is 0 Å². The van der Waals surface area contributed by atoms with Crippen LogP contribution in [-0.4, -0.2) is 0 Å². The lowest BCUT2D eigenvalue weighted by Crippen LogP contribution is -1.76. The smallest absolute Gasteiger partial charge is 0.124 e. The fourth-order valence-electron chi connectivity index (χ4n) is 0.362. The van der Waals surface area contributed by atoms with E-state index in [2.05, 4.69) is 15.9 Å². The molecule has 0 atom stereocenters. The Morgan fingerprint density at radius 3 is 3.22 bits per heavy atom. The zero-order valence-corrected chi connectivity index (χ0v) is 5.84. The number of halogens is 2. The minimum atomic E-state index is -2.64. The summed E-state index contributed by atoms with van der Waals surface area (Å²) >= 11 is 2.76. The van der Waals surface area contributed by atoms with Gasteiger partial charge >= 0.3 is 0 Å². The van der Waals surface area contributed by atoms with Crippen LogP contribution in [0, 0.1) is 12.7 Å². The van der Waals surface area contributed by atoms with Crippen LogP contribution in [0.3, 0.4) is 0 Å². The van der Waals surface area contributed by atoms with Crippen LogP contribution in [0.1, 0.15) is 13.8 Å². The highest BCUT2D eigenvalue weighted by atomic mass is 79.9. The van der Waals surface area contributed by atoms with Gasteiger partial charge in [-0.1, -0.05) is 22.0 Å². The summed E-state index contributed by atoms with van der Waals surface area (Å²) in [6.07, 6.45) is 0. The third-order valence-corrected chi connectivity index (χ3v) is 1.33. The van der Waals surface area contributed by atoms with Gasteiger partial charge in [0.1, 0.15) is 5.82 Å². The molecule has 1 aromatic carbocycles. The molecule has 1 aromatic rings. The van der Waals surface area contributed by atoms with Crippen molar-refractivity contribution in [2.24, 2.45) is 0 Å². The SMILES string of the molecule is [2H]c1c([2H])c(C([2H])([2H])[2H])c(Br)c([2H])c1F. The Hall–Kier alpha value is -0.370. The summed E-state index contributed by atoms with van der Waals surface area (Å²) in [5, 5.41) is 0. The van der Waals surface area contributed by atoms with E-state index in [1.165, 1.54) is 0 Å². The van der Waals surface area contributed by atoms with Crippen molar-refractivity contribution in [3.63, 3.8) is 0 Å². The van der Waals surface area contributed by atoms with Gasteiger partial charge in [-0.25, -0.2) is 4.39 Å². The fraction of sp³-hybridized carbons (Fsp3) is 0.143. The molecule has 9 heavy (non-hydrogen) atoms. The molecule has 0 aliphatic carbocycles. The standard InChI is InChI=1S/C7H6BrF/c1-5-2-3-6(9)4-7(5)8/h2-4H,1H3/i1D3,2D,3D,4D. The number of hydrogen-bond donors (Lipinski definition) is 0. The van der Waals surface area contributed by atoms with Crippen molar-refractivity contribution in [3.05, 3.63) is 34.0 Å². The van der Waals surface area contributed by atoms with E-state index in [1.807, 2.05) is 0 Å². The maximum Gasteiger partial charge on any atom is 0.124 e. The van der Waals surface area contributed by atoms with Crippen molar-refractivity contribution < 1.29 is 12.6 Å². The Morgan fingerprint density at radius 2 is 2.56 bits per heavy atom. The first kappa shape index (κ1) is 2.35. The highest BCUT2D eigenvalue weighted by Gasteiger charge is 1.93. The molecular weight excluding hydrogens is 183 g/mol. The predicted molar refractivity (Wildman–Crippen MR) is 38.8 cm³/mol. The van der Waals surface area contributed by atoms with Crippen LogP contribution < -0.4 is 0 Å². The normalized spacial score (nSPS) is 20.7. The Balaban J connectivity index is 3.68. The molecule has 1 rings (SSSR count). The number of benzene rings is 1. The summed E-state index contributed by atoms with van der Waals surface area (Å²) in [7, 11) is 0. The minimum absolute atomic E-state index is 0.291. The molecular formula is C7H6BrF. The van der Waals surface area contributed by atoms with Gasteiger partial charge in [0.15, 0.2) is 0 Å². The van der Waals surface area contributed by atoms with Crippen molar-refractivity contribution in [1.29, 1.82) is 0 Å². The monoisotopic (exact) mass is 194 g/mol. The minimum Gasteiger partial charge on any atom is -0.207 e. The van der Waals surface area contributed by atoms with Gasteiger partial charge in [-0.3, -0.25) is 0 Å². The zero-order chi connectivity index (χ0) is 12.0. The van der Waals surface area contributed by atoms with Crippen molar-refractivity contribution in [1.82, 2.24) is 0 Å². The second-order valence-electron chi connectivity index (χ2n) is 1.38. The average molecular weight is 195 g/mol. The largest absolute Gasteiger partial charge is 0.207 e. The highest BCUT2D eigenvalue weighted by Crippen LogP contribution is 2.15. The Morgan fingerprint density at radius 1 is 1.78 bits per heavy atom. The molecule has 0 aliphatic heterocycles. The van der Waals surface area contributed by atoms with Crippen molar-refractivity contribution in [3.8, 4) is 0 Å². The van der Waals surface area contributed by atoms with E-state index in [4.69, 9.17) is 8.22 Å². The topological polar surface area (TPSA) is 0 Å². The summed E-state index contributed by atoms with van der Waals surface area (Å²) in [5.41, 5.74) is -0.501. The molecule has 0 aliphatic rings.